The van der Waals surface area contributed by atoms with Crippen LogP contribution < -0.4 is 4.90 Å². The van der Waals surface area contributed by atoms with Crippen molar-refractivity contribution in [2.24, 2.45) is 5.92 Å². The molecule has 3 nitrogen and oxygen atoms in total. The lowest BCUT2D eigenvalue weighted by atomic mass is 9.89. The van der Waals surface area contributed by atoms with E-state index >= 15 is 0 Å². The number of amides is 1. The zero-order valence-electron chi connectivity index (χ0n) is 12.5. The molecule has 2 aliphatic rings. The van der Waals surface area contributed by atoms with E-state index in [9.17, 15) is 9.59 Å². The molecule has 0 bridgehead atoms. The molecule has 1 aromatic carbocycles. The summed E-state index contributed by atoms with van der Waals surface area (Å²) in [6, 6.07) is 7.54. The Morgan fingerprint density at radius 2 is 1.67 bits per heavy atom. The molecule has 112 valence electrons. The Morgan fingerprint density at radius 3 is 2.43 bits per heavy atom. The molecule has 3 heteroatoms. The molecule has 0 unspecified atom stereocenters. The monoisotopic (exact) mass is 285 g/mol. The molecule has 0 spiro atoms. The van der Waals surface area contributed by atoms with Crippen molar-refractivity contribution >= 4 is 17.4 Å². The summed E-state index contributed by atoms with van der Waals surface area (Å²) in [4.78, 5) is 26.8. The van der Waals surface area contributed by atoms with Crippen LogP contribution in [-0.4, -0.2) is 18.2 Å². The maximum absolute atomic E-state index is 12.9. The van der Waals surface area contributed by atoms with Crippen LogP contribution in [0.3, 0.4) is 0 Å². The van der Waals surface area contributed by atoms with Gasteiger partial charge in [-0.1, -0.05) is 44.2 Å². The third kappa shape index (κ3) is 3.02. The third-order valence-corrected chi connectivity index (χ3v) is 4.78. The summed E-state index contributed by atoms with van der Waals surface area (Å²) in [7, 11) is 0. The molecule has 0 aromatic heterocycles. The zero-order valence-corrected chi connectivity index (χ0v) is 12.5. The molecule has 1 aromatic rings. The summed E-state index contributed by atoms with van der Waals surface area (Å²) in [6.45, 7) is 0.547. The second-order valence-corrected chi connectivity index (χ2v) is 6.22. The van der Waals surface area contributed by atoms with Gasteiger partial charge in [-0.25, -0.2) is 0 Å². The normalized spacial score (nSPS) is 20.6. The smallest absolute Gasteiger partial charge is 0.230 e. The lowest BCUT2D eigenvalue weighted by Crippen LogP contribution is -2.41. The van der Waals surface area contributed by atoms with Crippen molar-refractivity contribution in [3.63, 3.8) is 0 Å². The number of fused-ring (bicyclic) bond motifs is 1. The lowest BCUT2D eigenvalue weighted by Gasteiger charge is -2.32. The second-order valence-electron chi connectivity index (χ2n) is 6.22. The number of carbonyl (C=O) groups excluding carboxylic acids is 2. The van der Waals surface area contributed by atoms with Crippen LogP contribution in [0.1, 0.15) is 61.7 Å². The first-order valence-electron chi connectivity index (χ1n) is 8.21. The minimum Gasteiger partial charge on any atom is -0.311 e. The molecular weight excluding hydrogens is 262 g/mol. The van der Waals surface area contributed by atoms with Gasteiger partial charge < -0.3 is 4.90 Å². The van der Waals surface area contributed by atoms with E-state index in [-0.39, 0.29) is 17.6 Å². The zero-order chi connectivity index (χ0) is 14.7. The van der Waals surface area contributed by atoms with E-state index in [2.05, 4.69) is 0 Å². The van der Waals surface area contributed by atoms with Gasteiger partial charge in [0.05, 0.1) is 5.69 Å². The average molecular weight is 285 g/mol. The summed E-state index contributed by atoms with van der Waals surface area (Å²) in [6.07, 6.45) is 8.59. The van der Waals surface area contributed by atoms with Crippen molar-refractivity contribution in [3.05, 3.63) is 29.8 Å². The Kier molecular flexibility index (Phi) is 4.37. The van der Waals surface area contributed by atoms with Crippen molar-refractivity contribution in [1.82, 2.24) is 0 Å². The van der Waals surface area contributed by atoms with Crippen LogP contribution in [-0.2, 0) is 4.79 Å². The Labute approximate surface area is 126 Å². The first-order chi connectivity index (χ1) is 10.3. The molecule has 3 rings (SSSR count). The predicted octanol–water partition coefficient (Wildman–Crippen LogP) is 3.97. The SMILES string of the molecule is O=C1CCN(C(=O)C2CCCCCCC2)c2ccccc21. The average Bonchev–Trinajstić information content (AvgIpc) is 2.47. The van der Waals surface area contributed by atoms with Gasteiger partial charge >= 0.3 is 0 Å². The number of anilines is 1. The molecule has 1 heterocycles. The quantitative estimate of drug-likeness (QED) is 0.783. The standard InChI is InChI=1S/C18H23NO2/c20-17-12-13-19(16-11-7-6-10-15(16)17)18(21)14-8-4-2-1-3-5-9-14/h6-7,10-11,14H,1-5,8-9,12-13H2. The summed E-state index contributed by atoms with van der Waals surface area (Å²) in [5.41, 5.74) is 1.53. The van der Waals surface area contributed by atoms with E-state index in [4.69, 9.17) is 0 Å². The first-order valence-corrected chi connectivity index (χ1v) is 8.21. The Balaban J connectivity index is 1.81. The fourth-order valence-electron chi connectivity index (χ4n) is 3.57. The van der Waals surface area contributed by atoms with Gasteiger partial charge in [0.25, 0.3) is 0 Å². The summed E-state index contributed by atoms with van der Waals surface area (Å²) < 4.78 is 0. The maximum Gasteiger partial charge on any atom is 0.230 e. The fraction of sp³-hybridized carbons (Fsp3) is 0.556. The van der Waals surface area contributed by atoms with Gasteiger partial charge in [0.2, 0.25) is 5.91 Å². The van der Waals surface area contributed by atoms with Crippen LogP contribution in [0.25, 0.3) is 0 Å². The van der Waals surface area contributed by atoms with Crippen molar-refractivity contribution in [3.8, 4) is 0 Å². The number of ketones is 1. The van der Waals surface area contributed by atoms with Gasteiger partial charge in [-0.05, 0) is 25.0 Å². The number of benzene rings is 1. The number of carbonyl (C=O) groups is 2. The highest BCUT2D eigenvalue weighted by Crippen LogP contribution is 2.31. The number of nitrogens with zero attached hydrogens (tertiary/aromatic N) is 1. The molecule has 1 fully saturated rings. The van der Waals surface area contributed by atoms with E-state index in [0.717, 1.165) is 31.4 Å². The molecule has 1 amide bonds. The molecule has 1 saturated carbocycles. The fourth-order valence-corrected chi connectivity index (χ4v) is 3.57. The van der Waals surface area contributed by atoms with Gasteiger partial charge in [0.1, 0.15) is 0 Å². The first kappa shape index (κ1) is 14.3. The van der Waals surface area contributed by atoms with E-state index in [1.807, 2.05) is 29.2 Å². The molecule has 0 atom stereocenters. The third-order valence-electron chi connectivity index (χ3n) is 4.78. The number of Topliss-reactive ketones (excluding diaryl/α,β-unsaturated/α-hetero) is 1. The number of hydrogen-bond donors (Lipinski definition) is 0. The number of para-hydroxylation sites is 1. The second kappa shape index (κ2) is 6.42. The van der Waals surface area contributed by atoms with Gasteiger partial charge in [-0.15, -0.1) is 0 Å². The van der Waals surface area contributed by atoms with E-state index in [1.165, 1.54) is 19.3 Å². The van der Waals surface area contributed by atoms with Crippen molar-refractivity contribution in [1.29, 1.82) is 0 Å². The minimum atomic E-state index is 0.145. The molecule has 1 aliphatic carbocycles. The molecule has 1 aliphatic heterocycles. The van der Waals surface area contributed by atoms with Crippen molar-refractivity contribution in [2.45, 2.75) is 51.4 Å². The van der Waals surface area contributed by atoms with Crippen LogP contribution in [0.2, 0.25) is 0 Å². The highest BCUT2D eigenvalue weighted by Gasteiger charge is 2.31. The van der Waals surface area contributed by atoms with Gasteiger partial charge in [-0.2, -0.15) is 0 Å². The molecule has 0 radical (unpaired) electrons. The maximum atomic E-state index is 12.9. The topological polar surface area (TPSA) is 37.4 Å². The van der Waals surface area contributed by atoms with Crippen molar-refractivity contribution < 1.29 is 9.59 Å². The number of rotatable bonds is 1. The van der Waals surface area contributed by atoms with Crippen LogP contribution >= 0.6 is 0 Å². The summed E-state index contributed by atoms with van der Waals surface area (Å²) in [5, 5.41) is 0. The Hall–Kier alpha value is -1.64. The molecular formula is C18H23NO2. The van der Waals surface area contributed by atoms with E-state index in [0.29, 0.717) is 18.5 Å². The van der Waals surface area contributed by atoms with Gasteiger partial charge in [0.15, 0.2) is 5.78 Å². The van der Waals surface area contributed by atoms with Crippen LogP contribution in [0.4, 0.5) is 5.69 Å². The summed E-state index contributed by atoms with van der Waals surface area (Å²) in [5.74, 6) is 0.538. The van der Waals surface area contributed by atoms with Gasteiger partial charge in [0, 0.05) is 24.4 Å². The molecule has 21 heavy (non-hydrogen) atoms. The minimum absolute atomic E-state index is 0.145. The van der Waals surface area contributed by atoms with Crippen LogP contribution in [0, 0.1) is 5.92 Å². The Morgan fingerprint density at radius 1 is 1.00 bits per heavy atom. The number of hydrogen-bond acceptors (Lipinski definition) is 2. The molecule has 0 saturated heterocycles. The van der Waals surface area contributed by atoms with Crippen LogP contribution in [0.15, 0.2) is 24.3 Å². The Bertz CT molecular complexity index is 530. The summed E-state index contributed by atoms with van der Waals surface area (Å²) >= 11 is 0. The largest absolute Gasteiger partial charge is 0.311 e. The highest BCUT2D eigenvalue weighted by molar-refractivity contribution is 6.09. The van der Waals surface area contributed by atoms with E-state index < -0.39 is 0 Å². The van der Waals surface area contributed by atoms with Crippen LogP contribution in [0.5, 0.6) is 0 Å². The van der Waals surface area contributed by atoms with Gasteiger partial charge in [-0.3, -0.25) is 9.59 Å². The highest BCUT2D eigenvalue weighted by atomic mass is 16.2. The van der Waals surface area contributed by atoms with Crippen molar-refractivity contribution in [2.75, 3.05) is 11.4 Å². The molecule has 0 N–H and O–H groups in total. The lowest BCUT2D eigenvalue weighted by molar-refractivity contribution is -0.123. The predicted molar refractivity (Wildman–Crippen MR) is 83.6 cm³/mol. The van der Waals surface area contributed by atoms with E-state index in [1.54, 1.807) is 0 Å².